The van der Waals surface area contributed by atoms with Crippen LogP contribution in [0.3, 0.4) is 0 Å². The highest BCUT2D eigenvalue weighted by atomic mass is 16.5. The summed E-state index contributed by atoms with van der Waals surface area (Å²) in [6.07, 6.45) is 1.97. The third-order valence-corrected chi connectivity index (χ3v) is 2.34. The van der Waals surface area contributed by atoms with Gasteiger partial charge < -0.3 is 4.74 Å². The van der Waals surface area contributed by atoms with Gasteiger partial charge in [-0.1, -0.05) is 57.2 Å². The molecule has 82 valence electrons. The fourth-order valence-electron chi connectivity index (χ4n) is 1.43. The Morgan fingerprint density at radius 2 is 1.87 bits per heavy atom. The van der Waals surface area contributed by atoms with Crippen LogP contribution in [0, 0.1) is 5.41 Å². The van der Waals surface area contributed by atoms with Gasteiger partial charge in [-0.05, 0) is 11.0 Å². The molecule has 0 amide bonds. The van der Waals surface area contributed by atoms with Crippen LogP contribution in [0.25, 0.3) is 0 Å². The second-order valence-corrected chi connectivity index (χ2v) is 4.82. The Morgan fingerprint density at radius 3 is 2.33 bits per heavy atom. The SMILES string of the molecule is C=C[C@H](OCc1ccccc1)C(C)(C)C. The highest BCUT2D eigenvalue weighted by Crippen LogP contribution is 2.23. The van der Waals surface area contributed by atoms with Gasteiger partial charge in [0.1, 0.15) is 0 Å². The van der Waals surface area contributed by atoms with Crippen molar-refractivity contribution in [1.82, 2.24) is 0 Å². The normalized spacial score (nSPS) is 13.5. The highest BCUT2D eigenvalue weighted by molar-refractivity contribution is 5.13. The van der Waals surface area contributed by atoms with E-state index >= 15 is 0 Å². The van der Waals surface area contributed by atoms with Gasteiger partial charge in [-0.15, -0.1) is 6.58 Å². The maximum absolute atomic E-state index is 5.82. The number of hydrogen-bond donors (Lipinski definition) is 0. The maximum Gasteiger partial charge on any atom is 0.0806 e. The average Bonchev–Trinajstić information content (AvgIpc) is 2.18. The first-order chi connectivity index (χ1) is 7.04. The van der Waals surface area contributed by atoms with Crippen LogP contribution in [-0.4, -0.2) is 6.10 Å². The van der Waals surface area contributed by atoms with Crippen molar-refractivity contribution < 1.29 is 4.74 Å². The van der Waals surface area contributed by atoms with Gasteiger partial charge in [0.25, 0.3) is 0 Å². The van der Waals surface area contributed by atoms with Crippen molar-refractivity contribution in [2.45, 2.75) is 33.5 Å². The van der Waals surface area contributed by atoms with Crippen LogP contribution in [-0.2, 0) is 11.3 Å². The van der Waals surface area contributed by atoms with E-state index in [0.717, 1.165) is 0 Å². The van der Waals surface area contributed by atoms with E-state index in [1.165, 1.54) is 5.56 Å². The van der Waals surface area contributed by atoms with Crippen molar-refractivity contribution in [2.75, 3.05) is 0 Å². The summed E-state index contributed by atoms with van der Waals surface area (Å²) in [5.41, 5.74) is 1.31. The summed E-state index contributed by atoms with van der Waals surface area (Å²) in [7, 11) is 0. The van der Waals surface area contributed by atoms with Gasteiger partial charge in [0.2, 0.25) is 0 Å². The van der Waals surface area contributed by atoms with E-state index < -0.39 is 0 Å². The summed E-state index contributed by atoms with van der Waals surface area (Å²) in [5, 5.41) is 0. The van der Waals surface area contributed by atoms with E-state index in [9.17, 15) is 0 Å². The molecule has 0 radical (unpaired) electrons. The Morgan fingerprint density at radius 1 is 1.27 bits per heavy atom. The summed E-state index contributed by atoms with van der Waals surface area (Å²) >= 11 is 0. The fourth-order valence-corrected chi connectivity index (χ4v) is 1.43. The topological polar surface area (TPSA) is 9.23 Å². The lowest BCUT2D eigenvalue weighted by Crippen LogP contribution is -2.26. The van der Waals surface area contributed by atoms with Gasteiger partial charge in [0.15, 0.2) is 0 Å². The molecule has 0 unspecified atom stereocenters. The number of rotatable bonds is 4. The Bertz CT molecular complexity index is 295. The largest absolute Gasteiger partial charge is 0.369 e. The van der Waals surface area contributed by atoms with Crippen molar-refractivity contribution in [3.8, 4) is 0 Å². The number of benzene rings is 1. The predicted molar refractivity (Wildman–Crippen MR) is 64.7 cm³/mol. The third kappa shape index (κ3) is 3.88. The molecule has 1 aromatic carbocycles. The average molecular weight is 204 g/mol. The minimum atomic E-state index is 0.0951. The summed E-state index contributed by atoms with van der Waals surface area (Å²) < 4.78 is 5.82. The molecule has 1 nitrogen and oxygen atoms in total. The van der Waals surface area contributed by atoms with Crippen LogP contribution in [0.2, 0.25) is 0 Å². The summed E-state index contributed by atoms with van der Waals surface area (Å²) in [6.45, 7) is 10.9. The molecular weight excluding hydrogens is 184 g/mol. The zero-order valence-electron chi connectivity index (χ0n) is 9.86. The lowest BCUT2D eigenvalue weighted by atomic mass is 9.89. The Kier molecular flexibility index (Phi) is 4.10. The van der Waals surface area contributed by atoms with Crippen LogP contribution in [0.1, 0.15) is 26.3 Å². The molecule has 0 aromatic heterocycles. The molecule has 0 N–H and O–H groups in total. The smallest absolute Gasteiger partial charge is 0.0806 e. The van der Waals surface area contributed by atoms with Gasteiger partial charge in [-0.3, -0.25) is 0 Å². The zero-order chi connectivity index (χ0) is 11.3. The van der Waals surface area contributed by atoms with E-state index in [1.807, 2.05) is 24.3 Å². The molecule has 0 bridgehead atoms. The molecule has 0 aliphatic heterocycles. The summed E-state index contributed by atoms with van der Waals surface area (Å²) in [6, 6.07) is 10.2. The third-order valence-electron chi connectivity index (χ3n) is 2.34. The first kappa shape index (κ1) is 12.0. The summed E-state index contributed by atoms with van der Waals surface area (Å²) in [4.78, 5) is 0. The molecule has 0 saturated heterocycles. The molecule has 15 heavy (non-hydrogen) atoms. The van der Waals surface area contributed by atoms with Crippen LogP contribution < -0.4 is 0 Å². The molecule has 0 fully saturated rings. The van der Waals surface area contributed by atoms with Crippen LogP contribution in [0.15, 0.2) is 43.0 Å². The van der Waals surface area contributed by atoms with Crippen molar-refractivity contribution in [3.05, 3.63) is 48.6 Å². The van der Waals surface area contributed by atoms with Crippen LogP contribution in [0.5, 0.6) is 0 Å². The van der Waals surface area contributed by atoms with Gasteiger partial charge in [-0.2, -0.15) is 0 Å². The number of hydrogen-bond acceptors (Lipinski definition) is 1. The van der Waals surface area contributed by atoms with Gasteiger partial charge in [-0.25, -0.2) is 0 Å². The van der Waals surface area contributed by atoms with Crippen molar-refractivity contribution in [3.63, 3.8) is 0 Å². The van der Waals surface area contributed by atoms with Crippen molar-refractivity contribution in [1.29, 1.82) is 0 Å². The lowest BCUT2D eigenvalue weighted by molar-refractivity contribution is 0.00439. The number of ether oxygens (including phenoxy) is 1. The van der Waals surface area contributed by atoms with Crippen molar-refractivity contribution >= 4 is 0 Å². The maximum atomic E-state index is 5.82. The van der Waals surface area contributed by atoms with Gasteiger partial charge >= 0.3 is 0 Å². The van der Waals surface area contributed by atoms with E-state index in [2.05, 4.69) is 39.5 Å². The molecule has 1 aromatic rings. The Hall–Kier alpha value is -1.08. The molecule has 0 aliphatic rings. The molecule has 1 rings (SSSR count). The second kappa shape index (κ2) is 5.13. The Balaban J connectivity index is 2.52. The first-order valence-electron chi connectivity index (χ1n) is 5.32. The quantitative estimate of drug-likeness (QED) is 0.678. The monoisotopic (exact) mass is 204 g/mol. The molecular formula is C14H20O. The van der Waals surface area contributed by atoms with E-state index in [4.69, 9.17) is 4.74 Å². The fraction of sp³-hybridized carbons (Fsp3) is 0.429. The van der Waals surface area contributed by atoms with E-state index in [-0.39, 0.29) is 11.5 Å². The molecule has 0 spiro atoms. The van der Waals surface area contributed by atoms with Gasteiger partial charge in [0, 0.05) is 0 Å². The van der Waals surface area contributed by atoms with Crippen LogP contribution in [0.4, 0.5) is 0 Å². The Labute approximate surface area is 92.8 Å². The van der Waals surface area contributed by atoms with Crippen molar-refractivity contribution in [2.24, 2.45) is 5.41 Å². The van der Waals surface area contributed by atoms with E-state index in [1.54, 1.807) is 0 Å². The molecule has 1 atom stereocenters. The standard InChI is InChI=1S/C14H20O/c1-5-13(14(2,3)4)15-11-12-9-7-6-8-10-12/h5-10,13H,1,11H2,2-4H3/t13-/m0/s1. The molecule has 0 aliphatic carbocycles. The van der Waals surface area contributed by atoms with E-state index in [0.29, 0.717) is 6.61 Å². The van der Waals surface area contributed by atoms with Gasteiger partial charge in [0.05, 0.1) is 12.7 Å². The predicted octanol–water partition coefficient (Wildman–Crippen LogP) is 3.80. The van der Waals surface area contributed by atoms with Crippen LogP contribution >= 0.6 is 0 Å². The molecule has 0 heterocycles. The highest BCUT2D eigenvalue weighted by Gasteiger charge is 2.22. The zero-order valence-corrected chi connectivity index (χ0v) is 9.86. The molecule has 1 heteroatoms. The molecule has 0 saturated carbocycles. The minimum absolute atomic E-state index is 0.0951. The second-order valence-electron chi connectivity index (χ2n) is 4.82. The summed E-state index contributed by atoms with van der Waals surface area (Å²) in [5.74, 6) is 0. The lowest BCUT2D eigenvalue weighted by Gasteiger charge is -2.27. The minimum Gasteiger partial charge on any atom is -0.369 e. The first-order valence-corrected chi connectivity index (χ1v) is 5.32.